The number of aromatic nitrogens is 1. The molecule has 2 heterocycles. The minimum absolute atomic E-state index is 0.0385. The number of rotatable bonds is 4. The number of aryl methyl sites for hydroxylation is 2. The van der Waals surface area contributed by atoms with Crippen molar-refractivity contribution in [2.24, 2.45) is 11.8 Å². The molecule has 188 valence electrons. The van der Waals surface area contributed by atoms with Crippen molar-refractivity contribution in [3.8, 4) is 22.4 Å². The van der Waals surface area contributed by atoms with E-state index in [1.807, 2.05) is 6.20 Å². The predicted molar refractivity (Wildman–Crippen MR) is 156 cm³/mol. The maximum Gasteiger partial charge on any atom is 0.145 e. The highest BCUT2D eigenvalue weighted by molar-refractivity contribution is 6.15. The van der Waals surface area contributed by atoms with Crippen LogP contribution < -0.4 is 0 Å². The van der Waals surface area contributed by atoms with E-state index in [9.17, 15) is 0 Å². The monoisotopic (exact) mass is 487 g/mol. The number of furan rings is 1. The maximum atomic E-state index is 6.95. The first-order chi connectivity index (χ1) is 17.7. The summed E-state index contributed by atoms with van der Waals surface area (Å²) in [6.45, 7) is 18.3. The van der Waals surface area contributed by atoms with Crippen LogP contribution in [0.2, 0.25) is 0 Å². The zero-order valence-electron chi connectivity index (χ0n) is 23.4. The summed E-state index contributed by atoms with van der Waals surface area (Å²) >= 11 is 0. The van der Waals surface area contributed by atoms with Gasteiger partial charge in [0.05, 0.1) is 5.69 Å². The van der Waals surface area contributed by atoms with E-state index in [1.54, 1.807) is 0 Å². The fourth-order valence-corrected chi connectivity index (χ4v) is 7.36. The molecule has 3 aromatic carbocycles. The van der Waals surface area contributed by atoms with Gasteiger partial charge < -0.3 is 4.42 Å². The van der Waals surface area contributed by atoms with Crippen molar-refractivity contribution >= 4 is 21.9 Å². The predicted octanol–water partition coefficient (Wildman–Crippen LogP) is 9.97. The molecule has 0 aliphatic heterocycles. The first-order valence-corrected chi connectivity index (χ1v) is 13.7. The van der Waals surface area contributed by atoms with E-state index < -0.39 is 0 Å². The van der Waals surface area contributed by atoms with Gasteiger partial charge in [-0.3, -0.25) is 4.98 Å². The lowest BCUT2D eigenvalue weighted by atomic mass is 9.63. The lowest BCUT2D eigenvalue weighted by molar-refractivity contribution is 0.280. The Labute approximate surface area is 220 Å². The Morgan fingerprint density at radius 1 is 0.703 bits per heavy atom. The molecule has 0 unspecified atom stereocenters. The molecule has 0 bridgehead atoms. The fraction of sp³-hybridized carbons (Fsp3) is 0.343. The van der Waals surface area contributed by atoms with Crippen LogP contribution in [0, 0.1) is 25.7 Å². The Bertz CT molecular complexity index is 1670. The molecule has 0 radical (unpaired) electrons. The average Bonchev–Trinajstić information content (AvgIpc) is 3.37. The Kier molecular flexibility index (Phi) is 5.39. The number of hydrogen-bond donors (Lipinski definition) is 0. The minimum atomic E-state index is -0.0385. The van der Waals surface area contributed by atoms with Crippen LogP contribution in [-0.2, 0) is 5.41 Å². The van der Waals surface area contributed by atoms with Crippen LogP contribution in [0.4, 0.5) is 0 Å². The quantitative estimate of drug-likeness (QED) is 0.252. The first kappa shape index (κ1) is 24.0. The second-order valence-electron chi connectivity index (χ2n) is 11.9. The molecule has 0 atom stereocenters. The van der Waals surface area contributed by atoms with E-state index in [4.69, 9.17) is 9.40 Å². The fourth-order valence-electron chi connectivity index (χ4n) is 7.36. The van der Waals surface area contributed by atoms with Crippen molar-refractivity contribution in [1.82, 2.24) is 4.98 Å². The van der Waals surface area contributed by atoms with Crippen molar-refractivity contribution in [3.63, 3.8) is 0 Å². The molecule has 2 heteroatoms. The molecule has 0 N–H and O–H groups in total. The van der Waals surface area contributed by atoms with Crippen molar-refractivity contribution in [2.45, 2.75) is 66.7 Å². The summed E-state index contributed by atoms with van der Waals surface area (Å²) < 4.78 is 6.95. The van der Waals surface area contributed by atoms with Gasteiger partial charge in [-0.05, 0) is 71.0 Å². The van der Waals surface area contributed by atoms with E-state index >= 15 is 0 Å². The number of fused-ring (bicyclic) bond motifs is 7. The van der Waals surface area contributed by atoms with E-state index in [0.29, 0.717) is 17.8 Å². The van der Waals surface area contributed by atoms with Crippen LogP contribution in [0.25, 0.3) is 44.3 Å². The van der Waals surface area contributed by atoms with Gasteiger partial charge in [-0.25, -0.2) is 0 Å². The van der Waals surface area contributed by atoms with Gasteiger partial charge in [0.25, 0.3) is 0 Å². The highest BCUT2D eigenvalue weighted by Crippen LogP contribution is 2.58. The smallest absolute Gasteiger partial charge is 0.145 e. The molecule has 1 aliphatic carbocycles. The lowest BCUT2D eigenvalue weighted by Gasteiger charge is -2.40. The van der Waals surface area contributed by atoms with Gasteiger partial charge in [0, 0.05) is 33.5 Å². The molecule has 37 heavy (non-hydrogen) atoms. The van der Waals surface area contributed by atoms with Gasteiger partial charge in [-0.2, -0.15) is 0 Å². The van der Waals surface area contributed by atoms with Crippen LogP contribution >= 0.6 is 0 Å². The Hall–Kier alpha value is -3.39. The topological polar surface area (TPSA) is 26.0 Å². The molecule has 0 spiro atoms. The van der Waals surface area contributed by atoms with Crippen molar-refractivity contribution in [3.05, 3.63) is 88.6 Å². The molecular formula is C35H37NO. The van der Waals surface area contributed by atoms with Crippen molar-refractivity contribution in [1.29, 1.82) is 0 Å². The third-order valence-corrected chi connectivity index (χ3v) is 8.96. The molecule has 2 nitrogen and oxygen atoms in total. The molecule has 1 aliphatic rings. The number of benzene rings is 3. The van der Waals surface area contributed by atoms with Crippen LogP contribution in [0.15, 0.2) is 65.2 Å². The van der Waals surface area contributed by atoms with Crippen LogP contribution in [0.1, 0.15) is 75.3 Å². The summed E-state index contributed by atoms with van der Waals surface area (Å²) in [5.74, 6) is 1.37. The third kappa shape index (κ3) is 3.14. The maximum absolute atomic E-state index is 6.95. The second kappa shape index (κ2) is 8.31. The number of pyridine rings is 1. The Morgan fingerprint density at radius 3 is 2.00 bits per heavy atom. The van der Waals surface area contributed by atoms with Crippen LogP contribution in [0.3, 0.4) is 0 Å². The Balaban J connectivity index is 1.70. The van der Waals surface area contributed by atoms with E-state index in [0.717, 1.165) is 27.8 Å². The molecular weight excluding hydrogens is 450 g/mol. The largest absolute Gasteiger partial charge is 0.455 e. The highest BCUT2D eigenvalue weighted by Gasteiger charge is 2.48. The zero-order chi connectivity index (χ0) is 26.2. The normalized spacial score (nSPS) is 14.4. The number of hydrogen-bond acceptors (Lipinski definition) is 2. The summed E-state index contributed by atoms with van der Waals surface area (Å²) in [5, 5.41) is 2.35. The third-order valence-electron chi connectivity index (χ3n) is 8.96. The molecule has 6 rings (SSSR count). The van der Waals surface area contributed by atoms with Crippen molar-refractivity contribution in [2.75, 3.05) is 0 Å². The molecule has 0 fully saturated rings. The van der Waals surface area contributed by atoms with Gasteiger partial charge in [0.15, 0.2) is 0 Å². The number of nitrogens with zero attached hydrogens (tertiary/aromatic N) is 1. The van der Waals surface area contributed by atoms with Gasteiger partial charge in [-0.1, -0.05) is 90.1 Å². The lowest BCUT2D eigenvalue weighted by Crippen LogP contribution is -2.37. The van der Waals surface area contributed by atoms with Crippen molar-refractivity contribution < 1.29 is 4.42 Å². The van der Waals surface area contributed by atoms with Crippen LogP contribution in [0.5, 0.6) is 0 Å². The minimum Gasteiger partial charge on any atom is -0.455 e. The van der Waals surface area contributed by atoms with E-state index in [2.05, 4.69) is 110 Å². The molecule has 0 amide bonds. The van der Waals surface area contributed by atoms with E-state index in [-0.39, 0.29) is 5.41 Å². The summed E-state index contributed by atoms with van der Waals surface area (Å²) in [6, 6.07) is 20.3. The molecule has 5 aromatic rings. The SMILES string of the molecule is Cc1cc(-c2c(C)ccc3c2oc2c4c(ccc23)C(C(C)C)(C(C)C)c2ccccc2-4)ncc1C(C)C. The summed E-state index contributed by atoms with van der Waals surface area (Å²) in [6.07, 6.45) is 2.05. The standard InChI is InChI=1S/C35H37NO/c1-19(2)27-18-36-30(17-23(27)8)31-22(7)13-14-24-25-15-16-29-32(34(25)37-33(24)31)26-11-9-10-12-28(26)35(29,20(3)4)21(5)6/h9-21H,1-8H3. The van der Waals surface area contributed by atoms with Crippen LogP contribution in [-0.4, -0.2) is 4.98 Å². The van der Waals surface area contributed by atoms with Gasteiger partial charge in [0.1, 0.15) is 11.2 Å². The van der Waals surface area contributed by atoms with Gasteiger partial charge in [0.2, 0.25) is 0 Å². The molecule has 2 aromatic heterocycles. The van der Waals surface area contributed by atoms with Gasteiger partial charge >= 0.3 is 0 Å². The zero-order valence-corrected chi connectivity index (χ0v) is 23.4. The van der Waals surface area contributed by atoms with E-state index in [1.165, 1.54) is 44.3 Å². The second-order valence-corrected chi connectivity index (χ2v) is 11.9. The highest BCUT2D eigenvalue weighted by atomic mass is 16.3. The summed E-state index contributed by atoms with van der Waals surface area (Å²) in [7, 11) is 0. The Morgan fingerprint density at radius 2 is 1.35 bits per heavy atom. The molecule has 0 saturated carbocycles. The van der Waals surface area contributed by atoms with Gasteiger partial charge in [-0.15, -0.1) is 0 Å². The summed E-state index contributed by atoms with van der Waals surface area (Å²) in [4.78, 5) is 4.93. The average molecular weight is 488 g/mol. The summed E-state index contributed by atoms with van der Waals surface area (Å²) in [5.41, 5.74) is 13.2. The first-order valence-electron chi connectivity index (χ1n) is 13.7. The molecule has 0 saturated heterocycles.